The molecule has 8 heteroatoms. The van der Waals surface area contributed by atoms with Crippen LogP contribution in [-0.4, -0.2) is 34.9 Å². The van der Waals surface area contributed by atoms with Crippen molar-refractivity contribution in [2.45, 2.75) is 45.7 Å². The van der Waals surface area contributed by atoms with Crippen LogP contribution in [0, 0.1) is 0 Å². The van der Waals surface area contributed by atoms with Crippen LogP contribution in [0.25, 0.3) is 5.32 Å². The summed E-state index contributed by atoms with van der Waals surface area (Å²) in [5.41, 5.74) is 3.76. The molecule has 0 bridgehead atoms. The van der Waals surface area contributed by atoms with Crippen molar-refractivity contribution in [1.29, 1.82) is 0 Å². The fourth-order valence-electron chi connectivity index (χ4n) is 3.65. The Hall–Kier alpha value is -2.18. The first kappa shape index (κ1) is 20.6. The number of amides is 1. The van der Waals surface area contributed by atoms with Gasteiger partial charge in [-0.05, 0) is 43.5 Å². The van der Waals surface area contributed by atoms with Crippen LogP contribution in [0.2, 0.25) is 0 Å². The normalized spacial score (nSPS) is 15.4. The number of nitrogens with one attached hydrogen (secondary N) is 1. The Morgan fingerprint density at radius 3 is 2.75 bits per heavy atom. The largest absolute Gasteiger partial charge is 0.469 e. The number of benzene rings is 1. The summed E-state index contributed by atoms with van der Waals surface area (Å²) in [6.45, 7) is 5.00. The van der Waals surface area contributed by atoms with E-state index in [0.29, 0.717) is 6.54 Å². The Morgan fingerprint density at radius 1 is 1.21 bits per heavy atom. The van der Waals surface area contributed by atoms with Crippen molar-refractivity contribution in [1.82, 2.24) is 14.9 Å². The number of fused-ring (bicyclic) bond motifs is 1. The van der Waals surface area contributed by atoms with Gasteiger partial charge in [0.2, 0.25) is 0 Å². The number of imidazole rings is 1. The first-order valence-corrected chi connectivity index (χ1v) is 9.68. The maximum atomic E-state index is 12.8. The molecule has 1 amide bonds. The second-order valence-corrected chi connectivity index (χ2v) is 6.90. The van der Waals surface area contributed by atoms with Crippen LogP contribution < -0.4 is 10.3 Å². The second kappa shape index (κ2) is 9.34. The van der Waals surface area contributed by atoms with Gasteiger partial charge >= 0.3 is 0 Å². The standard InChI is InChI=1S/C20H26N6O.Ir/c1-2-17-19(25-11-4-3-5-18(25)24-17)20(27)22-13-15-6-8-16(9-7-15)26-12-10-21-14-23-26;/h6-9,14H,2-5,10-13H2,1H3,(H2,21,22,23,27);/p-1. The Balaban J connectivity index is 0.00000225. The molecule has 28 heavy (non-hydrogen) atoms. The van der Waals surface area contributed by atoms with Gasteiger partial charge in [-0.1, -0.05) is 25.4 Å². The summed E-state index contributed by atoms with van der Waals surface area (Å²) >= 11 is 0. The van der Waals surface area contributed by atoms with Crippen molar-refractivity contribution in [2.75, 3.05) is 18.1 Å². The molecule has 1 radical (unpaired) electrons. The first-order valence-electron chi connectivity index (χ1n) is 9.68. The number of hydrogen-bond donors (Lipinski definition) is 1. The summed E-state index contributed by atoms with van der Waals surface area (Å²) in [5.74, 6) is 1.03. The number of carbonyl (C=O) groups excluding carboxylic acids is 1. The van der Waals surface area contributed by atoms with Gasteiger partial charge in [0.05, 0.1) is 5.69 Å². The molecule has 0 saturated carbocycles. The summed E-state index contributed by atoms with van der Waals surface area (Å²) in [6.07, 6.45) is 5.60. The van der Waals surface area contributed by atoms with Crippen LogP contribution in [0.1, 0.15) is 47.3 Å². The molecule has 0 unspecified atom stereocenters. The van der Waals surface area contributed by atoms with Gasteiger partial charge in [-0.2, -0.15) is 0 Å². The smallest absolute Gasteiger partial charge is 0.270 e. The minimum absolute atomic E-state index is 0. The van der Waals surface area contributed by atoms with E-state index in [0.717, 1.165) is 73.8 Å². The fourth-order valence-corrected chi connectivity index (χ4v) is 3.65. The third-order valence-electron chi connectivity index (χ3n) is 5.10. The number of rotatable bonds is 5. The molecule has 7 nitrogen and oxygen atoms in total. The zero-order valence-electron chi connectivity index (χ0n) is 16.0. The van der Waals surface area contributed by atoms with Gasteiger partial charge in [0.25, 0.3) is 5.91 Å². The monoisotopic (exact) mass is 558 g/mol. The average Bonchev–Trinajstić information content (AvgIpc) is 3.12. The van der Waals surface area contributed by atoms with Gasteiger partial charge in [0.1, 0.15) is 11.5 Å². The Labute approximate surface area is 178 Å². The van der Waals surface area contributed by atoms with Gasteiger partial charge < -0.3 is 25.3 Å². The minimum Gasteiger partial charge on any atom is -0.469 e. The van der Waals surface area contributed by atoms with Crippen LogP contribution in [0.5, 0.6) is 0 Å². The van der Waals surface area contributed by atoms with Crippen molar-refractivity contribution in [3.63, 3.8) is 0 Å². The molecule has 4 rings (SSSR count). The van der Waals surface area contributed by atoms with E-state index in [1.165, 1.54) is 0 Å². The van der Waals surface area contributed by atoms with E-state index < -0.39 is 0 Å². The topological polar surface area (TPSA) is 76.6 Å². The van der Waals surface area contributed by atoms with Gasteiger partial charge in [-0.3, -0.25) is 4.79 Å². The number of hydrazone groups is 1. The zero-order chi connectivity index (χ0) is 18.6. The number of anilines is 1. The molecule has 0 spiro atoms. The molecule has 2 aliphatic heterocycles. The number of nitrogens with zero attached hydrogens (tertiary/aromatic N) is 5. The molecule has 2 aromatic rings. The fraction of sp³-hybridized carbons (Fsp3) is 0.450. The van der Waals surface area contributed by atoms with Crippen molar-refractivity contribution in [3.8, 4) is 0 Å². The summed E-state index contributed by atoms with van der Waals surface area (Å²) in [6, 6.07) is 8.12. The quantitative estimate of drug-likeness (QED) is 0.615. The van der Waals surface area contributed by atoms with Crippen LogP contribution >= 0.6 is 0 Å². The van der Waals surface area contributed by atoms with E-state index in [2.05, 4.69) is 32.2 Å². The van der Waals surface area contributed by atoms with Crippen molar-refractivity contribution in [2.24, 2.45) is 5.10 Å². The van der Waals surface area contributed by atoms with Crippen LogP contribution in [0.3, 0.4) is 0 Å². The molecule has 0 fully saturated rings. The first-order chi connectivity index (χ1) is 13.3. The van der Waals surface area contributed by atoms with Gasteiger partial charge in [-0.25, -0.2) is 4.98 Å². The summed E-state index contributed by atoms with van der Waals surface area (Å²) < 4.78 is 2.11. The molecule has 151 valence electrons. The molecule has 0 saturated heterocycles. The predicted octanol–water partition coefficient (Wildman–Crippen LogP) is 2.85. The third-order valence-corrected chi connectivity index (χ3v) is 5.10. The van der Waals surface area contributed by atoms with Gasteiger partial charge in [-0.15, -0.1) is 0 Å². The van der Waals surface area contributed by atoms with E-state index in [9.17, 15) is 4.79 Å². The van der Waals surface area contributed by atoms with Crippen LogP contribution in [-0.2, 0) is 46.0 Å². The Kier molecular flexibility index (Phi) is 6.86. The van der Waals surface area contributed by atoms with Crippen molar-refractivity contribution in [3.05, 3.63) is 52.4 Å². The molecular weight excluding hydrogens is 532 g/mol. The number of aromatic nitrogens is 2. The summed E-state index contributed by atoms with van der Waals surface area (Å²) in [5, 5.41) is 13.4. The SMILES string of the molecule is CCc1nc2n(c1C(=O)NCc1ccc(N3CC[N-]C=N3)cc1)CCCC2.[Ir]. The molecule has 1 N–H and O–H groups in total. The number of carbonyl (C=O) groups is 1. The molecule has 3 heterocycles. The van der Waals surface area contributed by atoms with E-state index in [4.69, 9.17) is 0 Å². The minimum atomic E-state index is -0.0289. The summed E-state index contributed by atoms with van der Waals surface area (Å²) in [4.78, 5) is 17.5. The molecule has 1 aromatic carbocycles. The Morgan fingerprint density at radius 2 is 2.04 bits per heavy atom. The van der Waals surface area contributed by atoms with Crippen molar-refractivity contribution >= 4 is 17.9 Å². The van der Waals surface area contributed by atoms with E-state index >= 15 is 0 Å². The maximum Gasteiger partial charge on any atom is 0.270 e. The molecular formula is C20H25IrN6O-. The molecule has 0 atom stereocenters. The van der Waals surface area contributed by atoms with Gasteiger partial charge in [0.15, 0.2) is 0 Å². The Bertz CT molecular complexity index is 845. The number of hydrogen-bond acceptors (Lipinski definition) is 4. The predicted molar refractivity (Wildman–Crippen MR) is 106 cm³/mol. The molecule has 1 aromatic heterocycles. The van der Waals surface area contributed by atoms with Gasteiger partial charge in [0, 0.05) is 51.8 Å². The average molecular weight is 558 g/mol. The number of aryl methyl sites for hydroxylation is 2. The van der Waals surface area contributed by atoms with Crippen LogP contribution in [0.15, 0.2) is 29.4 Å². The van der Waals surface area contributed by atoms with E-state index in [1.54, 1.807) is 6.34 Å². The summed E-state index contributed by atoms with van der Waals surface area (Å²) in [7, 11) is 0. The molecule has 0 aliphatic carbocycles. The third kappa shape index (κ3) is 4.28. The zero-order valence-corrected chi connectivity index (χ0v) is 18.4. The van der Waals surface area contributed by atoms with E-state index in [-0.39, 0.29) is 26.0 Å². The van der Waals surface area contributed by atoms with Crippen LogP contribution in [0.4, 0.5) is 5.69 Å². The van der Waals surface area contributed by atoms with E-state index in [1.807, 2.05) is 29.3 Å². The maximum absolute atomic E-state index is 12.8. The second-order valence-electron chi connectivity index (χ2n) is 6.90. The molecule has 2 aliphatic rings. The van der Waals surface area contributed by atoms with Crippen molar-refractivity contribution < 1.29 is 24.9 Å².